The van der Waals surface area contributed by atoms with Crippen LogP contribution in [0.1, 0.15) is 18.2 Å². The van der Waals surface area contributed by atoms with Crippen molar-refractivity contribution in [3.8, 4) is 0 Å². The van der Waals surface area contributed by atoms with Crippen LogP contribution < -0.4 is 10.6 Å². The SMILES string of the molecule is CCNC(=NCc1ccc(Br)s1)NC1CCS(=O)(=O)C1. The van der Waals surface area contributed by atoms with Crippen LogP contribution in [0.5, 0.6) is 0 Å². The molecule has 0 saturated carbocycles. The molecule has 20 heavy (non-hydrogen) atoms. The van der Waals surface area contributed by atoms with E-state index in [2.05, 4.69) is 31.6 Å². The molecule has 1 aromatic heterocycles. The fourth-order valence-electron chi connectivity index (χ4n) is 2.02. The van der Waals surface area contributed by atoms with Crippen molar-refractivity contribution in [2.45, 2.75) is 25.9 Å². The Kier molecular flexibility index (Phi) is 5.45. The van der Waals surface area contributed by atoms with E-state index in [0.717, 1.165) is 15.2 Å². The lowest BCUT2D eigenvalue weighted by molar-refractivity contribution is 0.599. The van der Waals surface area contributed by atoms with E-state index in [1.165, 1.54) is 0 Å². The molecule has 0 bridgehead atoms. The number of halogens is 1. The highest BCUT2D eigenvalue weighted by atomic mass is 79.9. The number of sulfone groups is 1. The first kappa shape index (κ1) is 15.8. The van der Waals surface area contributed by atoms with E-state index in [0.29, 0.717) is 18.9 Å². The van der Waals surface area contributed by atoms with E-state index < -0.39 is 9.84 Å². The van der Waals surface area contributed by atoms with Crippen LogP contribution in [0, 0.1) is 0 Å². The summed E-state index contributed by atoms with van der Waals surface area (Å²) in [4.78, 5) is 5.66. The van der Waals surface area contributed by atoms with Gasteiger partial charge in [-0.2, -0.15) is 0 Å². The molecule has 2 N–H and O–H groups in total. The summed E-state index contributed by atoms with van der Waals surface area (Å²) < 4.78 is 24.0. The summed E-state index contributed by atoms with van der Waals surface area (Å²) in [6.45, 7) is 3.33. The van der Waals surface area contributed by atoms with Crippen molar-refractivity contribution in [1.29, 1.82) is 0 Å². The van der Waals surface area contributed by atoms with Crippen LogP contribution in [0.15, 0.2) is 20.9 Å². The summed E-state index contributed by atoms with van der Waals surface area (Å²) in [5, 5.41) is 6.35. The third-order valence-electron chi connectivity index (χ3n) is 2.94. The summed E-state index contributed by atoms with van der Waals surface area (Å²) in [6, 6.07) is 3.99. The van der Waals surface area contributed by atoms with Gasteiger partial charge in [-0.15, -0.1) is 11.3 Å². The first-order valence-corrected chi connectivity index (χ1v) is 9.91. The number of nitrogens with one attached hydrogen (secondary N) is 2. The van der Waals surface area contributed by atoms with Gasteiger partial charge in [0.05, 0.1) is 21.8 Å². The molecule has 1 aliphatic rings. The van der Waals surface area contributed by atoms with Gasteiger partial charge in [0.1, 0.15) is 0 Å². The van der Waals surface area contributed by atoms with Gasteiger partial charge in [0.2, 0.25) is 0 Å². The number of hydrogen-bond donors (Lipinski definition) is 2. The first-order chi connectivity index (χ1) is 9.48. The molecule has 1 saturated heterocycles. The van der Waals surface area contributed by atoms with E-state index >= 15 is 0 Å². The zero-order chi connectivity index (χ0) is 14.6. The van der Waals surface area contributed by atoms with Crippen molar-refractivity contribution in [3.63, 3.8) is 0 Å². The Bertz CT molecular complexity index is 583. The molecule has 112 valence electrons. The summed E-state index contributed by atoms with van der Waals surface area (Å²) in [7, 11) is -2.87. The second-order valence-electron chi connectivity index (χ2n) is 4.65. The highest BCUT2D eigenvalue weighted by Gasteiger charge is 2.28. The average molecular weight is 380 g/mol. The zero-order valence-electron chi connectivity index (χ0n) is 11.2. The summed E-state index contributed by atoms with van der Waals surface area (Å²) in [6.07, 6.45) is 0.650. The monoisotopic (exact) mass is 379 g/mol. The molecule has 1 atom stereocenters. The maximum atomic E-state index is 11.5. The Balaban J connectivity index is 1.96. The third-order valence-corrected chi connectivity index (χ3v) is 6.32. The van der Waals surface area contributed by atoms with Crippen molar-refractivity contribution >= 4 is 43.1 Å². The van der Waals surface area contributed by atoms with Gasteiger partial charge in [0, 0.05) is 17.5 Å². The van der Waals surface area contributed by atoms with Gasteiger partial charge in [-0.3, -0.25) is 0 Å². The minimum absolute atomic E-state index is 0.0344. The van der Waals surface area contributed by atoms with Gasteiger partial charge in [0.25, 0.3) is 0 Å². The lowest BCUT2D eigenvalue weighted by Crippen LogP contribution is -2.44. The molecule has 2 rings (SSSR count). The Labute approximate surface area is 131 Å². The Hall–Kier alpha value is -0.600. The van der Waals surface area contributed by atoms with Gasteiger partial charge in [-0.1, -0.05) is 0 Å². The standard InChI is InChI=1S/C12H18BrN3O2S2/c1-2-14-12(15-7-10-3-4-11(13)19-10)16-9-5-6-20(17,18)8-9/h3-4,9H,2,5-8H2,1H3,(H2,14,15,16). The van der Waals surface area contributed by atoms with Gasteiger partial charge in [0.15, 0.2) is 15.8 Å². The number of thiophene rings is 1. The number of hydrogen-bond acceptors (Lipinski definition) is 4. The second kappa shape index (κ2) is 6.91. The fourth-order valence-corrected chi connectivity index (χ4v) is 5.10. The van der Waals surface area contributed by atoms with Crippen molar-refractivity contribution in [2.24, 2.45) is 4.99 Å². The molecule has 1 aliphatic heterocycles. The molecule has 0 amide bonds. The highest BCUT2D eigenvalue weighted by Crippen LogP contribution is 2.22. The maximum absolute atomic E-state index is 11.5. The van der Waals surface area contributed by atoms with Crippen LogP contribution in [0.4, 0.5) is 0 Å². The van der Waals surface area contributed by atoms with E-state index in [9.17, 15) is 8.42 Å². The predicted octanol–water partition coefficient (Wildman–Crippen LogP) is 1.75. The second-order valence-corrected chi connectivity index (χ2v) is 9.42. The van der Waals surface area contributed by atoms with E-state index in [1.807, 2.05) is 19.1 Å². The minimum Gasteiger partial charge on any atom is -0.357 e. The number of guanidine groups is 1. The third kappa shape index (κ3) is 4.75. The fraction of sp³-hybridized carbons (Fsp3) is 0.583. The van der Waals surface area contributed by atoms with Gasteiger partial charge >= 0.3 is 0 Å². The van der Waals surface area contributed by atoms with Gasteiger partial charge < -0.3 is 10.6 Å². The average Bonchev–Trinajstić information content (AvgIpc) is 2.93. The van der Waals surface area contributed by atoms with Crippen LogP contribution in [-0.2, 0) is 16.4 Å². The number of rotatable bonds is 4. The number of nitrogens with zero attached hydrogens (tertiary/aromatic N) is 1. The summed E-state index contributed by atoms with van der Waals surface area (Å²) in [5.41, 5.74) is 0. The van der Waals surface area contributed by atoms with Crippen LogP contribution in [-0.4, -0.2) is 38.5 Å². The summed E-state index contributed by atoms with van der Waals surface area (Å²) >= 11 is 5.07. The molecule has 5 nitrogen and oxygen atoms in total. The maximum Gasteiger partial charge on any atom is 0.191 e. The molecule has 0 radical (unpaired) electrons. The van der Waals surface area contributed by atoms with Crippen molar-refractivity contribution in [2.75, 3.05) is 18.1 Å². The molecule has 1 unspecified atom stereocenters. The first-order valence-electron chi connectivity index (χ1n) is 6.48. The smallest absolute Gasteiger partial charge is 0.191 e. The summed E-state index contributed by atoms with van der Waals surface area (Å²) in [5.74, 6) is 1.14. The van der Waals surface area contributed by atoms with Crippen LogP contribution in [0.25, 0.3) is 0 Å². The normalized spacial score (nSPS) is 21.9. The van der Waals surface area contributed by atoms with E-state index in [4.69, 9.17) is 0 Å². The molecule has 0 spiro atoms. The quantitative estimate of drug-likeness (QED) is 0.617. The molecule has 0 aliphatic carbocycles. The lowest BCUT2D eigenvalue weighted by Gasteiger charge is -2.15. The van der Waals surface area contributed by atoms with Crippen LogP contribution >= 0.6 is 27.3 Å². The van der Waals surface area contributed by atoms with Gasteiger partial charge in [-0.25, -0.2) is 13.4 Å². The van der Waals surface area contributed by atoms with Crippen molar-refractivity contribution in [3.05, 3.63) is 20.8 Å². The zero-order valence-corrected chi connectivity index (χ0v) is 14.4. The Morgan fingerprint density at radius 1 is 1.55 bits per heavy atom. The largest absolute Gasteiger partial charge is 0.357 e. The van der Waals surface area contributed by atoms with Gasteiger partial charge in [-0.05, 0) is 41.4 Å². The van der Waals surface area contributed by atoms with Crippen molar-refractivity contribution < 1.29 is 8.42 Å². The topological polar surface area (TPSA) is 70.6 Å². The molecular formula is C12H18BrN3O2S2. The molecule has 2 heterocycles. The predicted molar refractivity (Wildman–Crippen MR) is 87.0 cm³/mol. The Morgan fingerprint density at radius 2 is 2.35 bits per heavy atom. The van der Waals surface area contributed by atoms with Crippen molar-refractivity contribution in [1.82, 2.24) is 10.6 Å². The van der Waals surface area contributed by atoms with Crippen LogP contribution in [0.3, 0.4) is 0 Å². The minimum atomic E-state index is -2.87. The van der Waals surface area contributed by atoms with Crippen LogP contribution in [0.2, 0.25) is 0 Å². The molecule has 1 fully saturated rings. The van der Waals surface area contributed by atoms with E-state index in [1.54, 1.807) is 11.3 Å². The number of aliphatic imine (C=N–C) groups is 1. The molecular weight excluding hydrogens is 362 g/mol. The highest BCUT2D eigenvalue weighted by molar-refractivity contribution is 9.11. The lowest BCUT2D eigenvalue weighted by atomic mass is 10.3. The Morgan fingerprint density at radius 3 is 2.90 bits per heavy atom. The van der Waals surface area contributed by atoms with E-state index in [-0.39, 0.29) is 17.5 Å². The molecule has 1 aromatic rings. The molecule has 0 aromatic carbocycles. The molecule has 8 heteroatoms.